The van der Waals surface area contributed by atoms with Gasteiger partial charge in [0.2, 0.25) is 5.28 Å². The van der Waals surface area contributed by atoms with Crippen molar-refractivity contribution in [2.24, 2.45) is 0 Å². The summed E-state index contributed by atoms with van der Waals surface area (Å²) in [6.07, 6.45) is 1.56. The lowest BCUT2D eigenvalue weighted by Crippen LogP contribution is -1.94. The lowest BCUT2D eigenvalue weighted by molar-refractivity contribution is 1.17. The predicted molar refractivity (Wildman–Crippen MR) is 66.8 cm³/mol. The Morgan fingerprint density at radius 1 is 1.00 bits per heavy atom. The first-order valence-electron chi connectivity index (χ1n) is 4.35. The van der Waals surface area contributed by atoms with Crippen LogP contribution in [0.25, 0.3) is 0 Å². The van der Waals surface area contributed by atoms with Crippen molar-refractivity contribution in [3.8, 4) is 0 Å². The van der Waals surface area contributed by atoms with Crippen molar-refractivity contribution in [3.05, 3.63) is 45.8 Å². The lowest BCUT2D eigenvalue weighted by atomic mass is 10.3. The highest BCUT2D eigenvalue weighted by Crippen LogP contribution is 2.24. The number of benzene rings is 1. The number of rotatable bonds is 2. The molecule has 1 aromatic heterocycles. The number of aromatic nitrogens is 2. The molecular formula is C10H6Cl3N3. The SMILES string of the molecule is Clc1cc(Cl)cc(Nc2ccnc(Cl)n2)c1. The van der Waals surface area contributed by atoms with Crippen LogP contribution in [0.4, 0.5) is 11.5 Å². The van der Waals surface area contributed by atoms with Crippen molar-refractivity contribution in [2.75, 3.05) is 5.32 Å². The molecule has 3 nitrogen and oxygen atoms in total. The van der Waals surface area contributed by atoms with Gasteiger partial charge in [0.1, 0.15) is 5.82 Å². The Hall–Kier alpha value is -1.03. The maximum atomic E-state index is 5.86. The van der Waals surface area contributed by atoms with Crippen LogP contribution in [-0.2, 0) is 0 Å². The third-order valence-electron chi connectivity index (χ3n) is 1.76. The molecule has 6 heteroatoms. The number of hydrogen-bond donors (Lipinski definition) is 1. The highest BCUT2D eigenvalue weighted by molar-refractivity contribution is 6.35. The minimum Gasteiger partial charge on any atom is -0.340 e. The molecule has 16 heavy (non-hydrogen) atoms. The first-order valence-corrected chi connectivity index (χ1v) is 5.48. The smallest absolute Gasteiger partial charge is 0.224 e. The second kappa shape index (κ2) is 4.87. The average Bonchev–Trinajstić information content (AvgIpc) is 2.15. The van der Waals surface area contributed by atoms with Gasteiger partial charge in [0, 0.05) is 21.9 Å². The number of nitrogens with zero attached hydrogens (tertiary/aromatic N) is 2. The van der Waals surface area contributed by atoms with E-state index in [4.69, 9.17) is 34.8 Å². The molecule has 2 rings (SSSR count). The minimum atomic E-state index is 0.179. The molecule has 0 aliphatic heterocycles. The van der Waals surface area contributed by atoms with E-state index in [0.29, 0.717) is 15.9 Å². The zero-order valence-electron chi connectivity index (χ0n) is 7.92. The molecule has 0 unspecified atom stereocenters. The molecule has 0 spiro atoms. The molecule has 0 radical (unpaired) electrons. The standard InChI is InChI=1S/C10H6Cl3N3/c11-6-3-7(12)5-8(4-6)15-9-1-2-14-10(13)16-9/h1-5H,(H,14,15,16). The third kappa shape index (κ3) is 2.98. The van der Waals surface area contributed by atoms with Crippen LogP contribution in [0.1, 0.15) is 0 Å². The van der Waals surface area contributed by atoms with Gasteiger partial charge in [0.05, 0.1) is 0 Å². The molecule has 82 valence electrons. The molecule has 2 aromatic rings. The number of nitrogens with one attached hydrogen (secondary N) is 1. The molecule has 0 fully saturated rings. The molecule has 1 heterocycles. The fraction of sp³-hybridized carbons (Fsp3) is 0. The van der Waals surface area contributed by atoms with Crippen molar-refractivity contribution in [2.45, 2.75) is 0 Å². The number of anilines is 2. The van der Waals surface area contributed by atoms with E-state index in [1.54, 1.807) is 30.5 Å². The molecule has 0 bridgehead atoms. The van der Waals surface area contributed by atoms with E-state index >= 15 is 0 Å². The minimum absolute atomic E-state index is 0.179. The Kier molecular flexibility index (Phi) is 3.49. The molecule has 0 saturated heterocycles. The average molecular weight is 275 g/mol. The van der Waals surface area contributed by atoms with Crippen molar-refractivity contribution in [1.29, 1.82) is 0 Å². The molecule has 0 atom stereocenters. The van der Waals surface area contributed by atoms with E-state index in [2.05, 4.69) is 15.3 Å². The summed E-state index contributed by atoms with van der Waals surface area (Å²) in [5.41, 5.74) is 0.743. The van der Waals surface area contributed by atoms with Crippen LogP contribution >= 0.6 is 34.8 Å². The second-order valence-corrected chi connectivity index (χ2v) is 4.20. The van der Waals surface area contributed by atoms with Gasteiger partial charge in [-0.05, 0) is 35.9 Å². The van der Waals surface area contributed by atoms with Gasteiger partial charge in [-0.3, -0.25) is 0 Å². The molecular weight excluding hydrogens is 268 g/mol. The number of hydrogen-bond acceptors (Lipinski definition) is 3. The van der Waals surface area contributed by atoms with Gasteiger partial charge in [0.15, 0.2) is 0 Å². The summed E-state index contributed by atoms with van der Waals surface area (Å²) in [5.74, 6) is 0.582. The van der Waals surface area contributed by atoms with Crippen LogP contribution in [-0.4, -0.2) is 9.97 Å². The van der Waals surface area contributed by atoms with Crippen molar-refractivity contribution in [1.82, 2.24) is 9.97 Å². The summed E-state index contributed by atoms with van der Waals surface area (Å²) in [6, 6.07) is 6.83. The quantitative estimate of drug-likeness (QED) is 0.835. The first kappa shape index (κ1) is 11.5. The van der Waals surface area contributed by atoms with Crippen LogP contribution in [0, 0.1) is 0 Å². The zero-order chi connectivity index (χ0) is 11.5. The largest absolute Gasteiger partial charge is 0.340 e. The van der Waals surface area contributed by atoms with Gasteiger partial charge in [-0.2, -0.15) is 0 Å². The van der Waals surface area contributed by atoms with E-state index in [9.17, 15) is 0 Å². The van der Waals surface area contributed by atoms with Crippen LogP contribution < -0.4 is 5.32 Å². The Bertz CT molecular complexity index is 496. The van der Waals surface area contributed by atoms with Gasteiger partial charge < -0.3 is 5.32 Å². The Morgan fingerprint density at radius 3 is 2.31 bits per heavy atom. The Morgan fingerprint density at radius 2 is 1.69 bits per heavy atom. The van der Waals surface area contributed by atoms with Crippen molar-refractivity contribution >= 4 is 46.3 Å². The molecule has 0 aliphatic rings. The Labute approximate surface area is 107 Å². The maximum absolute atomic E-state index is 5.86. The molecule has 1 aromatic carbocycles. The van der Waals surface area contributed by atoms with Gasteiger partial charge in [-0.25, -0.2) is 9.97 Å². The summed E-state index contributed by atoms with van der Waals surface area (Å²) in [7, 11) is 0. The van der Waals surface area contributed by atoms with E-state index in [-0.39, 0.29) is 5.28 Å². The fourth-order valence-electron chi connectivity index (χ4n) is 1.18. The second-order valence-electron chi connectivity index (χ2n) is 2.99. The van der Waals surface area contributed by atoms with E-state index in [1.807, 2.05) is 0 Å². The van der Waals surface area contributed by atoms with Crippen molar-refractivity contribution in [3.63, 3.8) is 0 Å². The van der Waals surface area contributed by atoms with Crippen molar-refractivity contribution < 1.29 is 0 Å². The van der Waals surface area contributed by atoms with Gasteiger partial charge in [0.25, 0.3) is 0 Å². The summed E-state index contributed by atoms with van der Waals surface area (Å²) >= 11 is 17.4. The van der Waals surface area contributed by atoms with Crippen LogP contribution in [0.15, 0.2) is 30.5 Å². The topological polar surface area (TPSA) is 37.8 Å². The molecule has 0 saturated carbocycles. The molecule has 1 N–H and O–H groups in total. The van der Waals surface area contributed by atoms with Crippen LogP contribution in [0.2, 0.25) is 15.3 Å². The summed E-state index contributed by atoms with van der Waals surface area (Å²) in [6.45, 7) is 0. The van der Waals surface area contributed by atoms with E-state index in [0.717, 1.165) is 5.69 Å². The highest BCUT2D eigenvalue weighted by Gasteiger charge is 2.00. The summed E-state index contributed by atoms with van der Waals surface area (Å²) in [4.78, 5) is 7.76. The summed E-state index contributed by atoms with van der Waals surface area (Å²) in [5, 5.41) is 4.30. The third-order valence-corrected chi connectivity index (χ3v) is 2.38. The van der Waals surface area contributed by atoms with E-state index < -0.39 is 0 Å². The Balaban J connectivity index is 2.27. The first-order chi connectivity index (χ1) is 7.63. The number of halogens is 3. The monoisotopic (exact) mass is 273 g/mol. The summed E-state index contributed by atoms with van der Waals surface area (Å²) < 4.78 is 0. The predicted octanol–water partition coefficient (Wildman–Crippen LogP) is 4.18. The molecule has 0 amide bonds. The normalized spacial score (nSPS) is 10.2. The highest BCUT2D eigenvalue weighted by atomic mass is 35.5. The van der Waals surface area contributed by atoms with Gasteiger partial charge >= 0.3 is 0 Å². The molecule has 0 aliphatic carbocycles. The van der Waals surface area contributed by atoms with Crippen LogP contribution in [0.5, 0.6) is 0 Å². The zero-order valence-corrected chi connectivity index (χ0v) is 10.2. The maximum Gasteiger partial charge on any atom is 0.224 e. The lowest BCUT2D eigenvalue weighted by Gasteiger charge is -2.06. The van der Waals surface area contributed by atoms with Crippen LogP contribution in [0.3, 0.4) is 0 Å². The van der Waals surface area contributed by atoms with Gasteiger partial charge in [-0.1, -0.05) is 23.2 Å². The van der Waals surface area contributed by atoms with Gasteiger partial charge in [-0.15, -0.1) is 0 Å². The fourth-order valence-corrected chi connectivity index (χ4v) is 1.85. The van der Waals surface area contributed by atoms with E-state index in [1.165, 1.54) is 0 Å².